The summed E-state index contributed by atoms with van der Waals surface area (Å²) >= 11 is 1.37. The van der Waals surface area contributed by atoms with E-state index < -0.39 is 10.0 Å². The molecule has 0 saturated heterocycles. The van der Waals surface area contributed by atoms with Crippen LogP contribution >= 0.6 is 11.3 Å². The van der Waals surface area contributed by atoms with Gasteiger partial charge < -0.3 is 14.4 Å². The predicted molar refractivity (Wildman–Crippen MR) is 156 cm³/mol. The lowest BCUT2D eigenvalue weighted by Crippen LogP contribution is -2.38. The number of carbonyl (C=O) groups excluding carboxylic acids is 1. The number of hydrogen-bond acceptors (Lipinski definition) is 8. The number of ether oxygens (including phenoxy) is 2. The molecule has 0 spiro atoms. The largest absolute Gasteiger partial charge is 0.495 e. The number of sulfonamides is 1. The smallest absolute Gasteiger partial charge is 0.260 e. The zero-order chi connectivity index (χ0) is 28.2. The number of benzene rings is 2. The number of methoxy groups -OCH3 is 2. The average molecular weight is 575 g/mol. The van der Waals surface area contributed by atoms with E-state index in [1.807, 2.05) is 20.2 Å². The Morgan fingerprint density at radius 3 is 2.21 bits per heavy atom. The van der Waals surface area contributed by atoms with E-state index in [1.165, 1.54) is 27.8 Å². The normalized spacial score (nSPS) is 14.7. The van der Waals surface area contributed by atoms with Crippen molar-refractivity contribution in [1.29, 1.82) is 0 Å². The summed E-state index contributed by atoms with van der Waals surface area (Å²) in [6.45, 7) is 1.25. The molecule has 0 N–H and O–H groups in total. The lowest BCUT2D eigenvalue weighted by molar-refractivity contribution is 0.0986. The molecule has 4 rings (SSSR count). The van der Waals surface area contributed by atoms with E-state index in [0.29, 0.717) is 34.3 Å². The molecule has 1 fully saturated rings. The third-order valence-corrected chi connectivity index (χ3v) is 10.2. The van der Waals surface area contributed by atoms with Crippen molar-refractivity contribution in [2.45, 2.75) is 49.5 Å². The minimum atomic E-state index is -3.65. The first-order valence-electron chi connectivity index (χ1n) is 13.2. The molecule has 2 aromatic carbocycles. The molecule has 1 aliphatic rings. The molecule has 0 unspecified atom stereocenters. The van der Waals surface area contributed by atoms with Crippen molar-refractivity contribution < 1.29 is 22.7 Å². The SMILES string of the molecule is COc1ccc(OC)c2sc(N(CCCN(C)C)C(=O)c3ccc(S(=O)(=O)N(C)C4CCCCC4)cc3)nc12. The van der Waals surface area contributed by atoms with Gasteiger partial charge in [0.25, 0.3) is 5.91 Å². The minimum absolute atomic E-state index is 0.0188. The second-order valence-corrected chi connectivity index (χ2v) is 13.1. The van der Waals surface area contributed by atoms with Gasteiger partial charge in [-0.05, 0) is 76.3 Å². The molecular formula is C28H38N4O5S2. The van der Waals surface area contributed by atoms with Gasteiger partial charge in [-0.1, -0.05) is 30.6 Å². The lowest BCUT2D eigenvalue weighted by Gasteiger charge is -2.30. The molecule has 0 aliphatic heterocycles. The summed E-state index contributed by atoms with van der Waals surface area (Å²) in [5.74, 6) is 1.02. The Kier molecular flexibility index (Phi) is 9.47. The van der Waals surface area contributed by atoms with Crippen LogP contribution in [0.2, 0.25) is 0 Å². The van der Waals surface area contributed by atoms with E-state index >= 15 is 0 Å². The van der Waals surface area contributed by atoms with Crippen LogP contribution < -0.4 is 14.4 Å². The number of aromatic nitrogens is 1. The van der Waals surface area contributed by atoms with Crippen molar-refractivity contribution in [2.75, 3.05) is 53.4 Å². The highest BCUT2D eigenvalue weighted by atomic mass is 32.2. The quantitative estimate of drug-likeness (QED) is 0.323. The highest BCUT2D eigenvalue weighted by molar-refractivity contribution is 7.89. The molecular weight excluding hydrogens is 536 g/mol. The van der Waals surface area contributed by atoms with Crippen LogP contribution in [0.3, 0.4) is 0 Å². The summed E-state index contributed by atoms with van der Waals surface area (Å²) in [6, 6.07) is 9.89. The van der Waals surface area contributed by atoms with Gasteiger partial charge in [-0.2, -0.15) is 4.31 Å². The Bertz CT molecular complexity index is 1340. The third-order valence-electron chi connectivity index (χ3n) is 7.23. The molecule has 0 bridgehead atoms. The fourth-order valence-corrected chi connectivity index (χ4v) is 7.47. The van der Waals surface area contributed by atoms with Crippen molar-refractivity contribution in [3.63, 3.8) is 0 Å². The minimum Gasteiger partial charge on any atom is -0.495 e. The van der Waals surface area contributed by atoms with Gasteiger partial charge in [0.2, 0.25) is 10.0 Å². The number of thiazole rings is 1. The maximum Gasteiger partial charge on any atom is 0.260 e. The fourth-order valence-electron chi connectivity index (χ4n) is 4.95. The van der Waals surface area contributed by atoms with E-state index in [2.05, 4.69) is 4.90 Å². The maximum absolute atomic E-state index is 13.8. The highest BCUT2D eigenvalue weighted by Crippen LogP contribution is 2.40. The summed E-state index contributed by atoms with van der Waals surface area (Å²) in [7, 11) is 5.18. The molecule has 1 amide bonds. The topological polar surface area (TPSA) is 92.3 Å². The molecule has 11 heteroatoms. The van der Waals surface area contributed by atoms with Crippen LogP contribution in [0.25, 0.3) is 10.2 Å². The number of anilines is 1. The summed E-state index contributed by atoms with van der Waals surface area (Å²) in [6.07, 6.45) is 5.75. The number of carbonyl (C=O) groups is 1. The van der Waals surface area contributed by atoms with Crippen LogP contribution in [0.1, 0.15) is 48.9 Å². The van der Waals surface area contributed by atoms with Gasteiger partial charge in [-0.25, -0.2) is 13.4 Å². The van der Waals surface area contributed by atoms with E-state index in [4.69, 9.17) is 14.5 Å². The van der Waals surface area contributed by atoms with E-state index in [0.717, 1.165) is 49.8 Å². The van der Waals surface area contributed by atoms with Crippen LogP contribution in [-0.2, 0) is 10.0 Å². The average Bonchev–Trinajstić information content (AvgIpc) is 3.39. The molecule has 39 heavy (non-hydrogen) atoms. The van der Waals surface area contributed by atoms with Gasteiger partial charge >= 0.3 is 0 Å². The summed E-state index contributed by atoms with van der Waals surface area (Å²) < 4.78 is 39.9. The van der Waals surface area contributed by atoms with Gasteiger partial charge in [-0.3, -0.25) is 9.69 Å². The summed E-state index contributed by atoms with van der Waals surface area (Å²) in [5, 5.41) is 0.533. The Morgan fingerprint density at radius 1 is 0.949 bits per heavy atom. The first-order valence-corrected chi connectivity index (χ1v) is 15.5. The lowest BCUT2D eigenvalue weighted by atomic mass is 9.96. The number of fused-ring (bicyclic) bond motifs is 1. The van der Waals surface area contributed by atoms with Gasteiger partial charge in [0, 0.05) is 25.2 Å². The van der Waals surface area contributed by atoms with Gasteiger partial charge in [0.1, 0.15) is 21.7 Å². The summed E-state index contributed by atoms with van der Waals surface area (Å²) in [4.78, 5) is 22.5. The standard InChI is InChI=1S/C28H38N4O5S2/c1-30(2)18-9-19-32(28-29-25-23(36-4)16-17-24(37-5)26(25)38-28)27(33)20-12-14-22(15-13-20)39(34,35)31(3)21-10-7-6-8-11-21/h12-17,21H,6-11,18-19H2,1-5H3. The molecule has 9 nitrogen and oxygen atoms in total. The zero-order valence-corrected chi connectivity index (χ0v) is 25.0. The van der Waals surface area contributed by atoms with Crippen molar-refractivity contribution in [3.8, 4) is 11.5 Å². The monoisotopic (exact) mass is 574 g/mol. The van der Waals surface area contributed by atoms with E-state index in [-0.39, 0.29) is 16.8 Å². The Morgan fingerprint density at radius 2 is 1.59 bits per heavy atom. The second kappa shape index (κ2) is 12.6. The molecule has 1 aromatic heterocycles. The Labute approximate surface area is 235 Å². The first kappa shape index (κ1) is 29.3. The molecule has 1 heterocycles. The van der Waals surface area contributed by atoms with Crippen LogP contribution in [0, 0.1) is 0 Å². The maximum atomic E-state index is 13.8. The highest BCUT2D eigenvalue weighted by Gasteiger charge is 2.30. The van der Waals surface area contributed by atoms with Crippen molar-refractivity contribution in [1.82, 2.24) is 14.2 Å². The van der Waals surface area contributed by atoms with Crippen molar-refractivity contribution in [2.24, 2.45) is 0 Å². The summed E-state index contributed by atoms with van der Waals surface area (Å²) in [5.41, 5.74) is 1.03. The molecule has 3 aromatic rings. The number of nitrogens with zero attached hydrogens (tertiary/aromatic N) is 4. The number of rotatable bonds is 11. The zero-order valence-electron chi connectivity index (χ0n) is 23.3. The third kappa shape index (κ3) is 6.37. The predicted octanol–water partition coefficient (Wildman–Crippen LogP) is 4.87. The second-order valence-electron chi connectivity index (χ2n) is 10.1. The molecule has 212 valence electrons. The Balaban J connectivity index is 1.64. The number of hydrogen-bond donors (Lipinski definition) is 0. The first-order chi connectivity index (χ1) is 18.7. The number of amides is 1. The van der Waals surface area contributed by atoms with Crippen LogP contribution in [0.4, 0.5) is 5.13 Å². The van der Waals surface area contributed by atoms with Crippen molar-refractivity contribution >= 4 is 42.6 Å². The molecule has 1 aliphatic carbocycles. The van der Waals surface area contributed by atoms with Crippen LogP contribution in [-0.4, -0.2) is 83.0 Å². The van der Waals surface area contributed by atoms with Gasteiger partial charge in [0.15, 0.2) is 5.13 Å². The van der Waals surface area contributed by atoms with E-state index in [1.54, 1.807) is 44.4 Å². The molecule has 0 atom stereocenters. The Hall–Kier alpha value is -2.73. The van der Waals surface area contributed by atoms with Crippen molar-refractivity contribution in [3.05, 3.63) is 42.0 Å². The van der Waals surface area contributed by atoms with Crippen LogP contribution in [0.15, 0.2) is 41.3 Å². The van der Waals surface area contributed by atoms with Gasteiger partial charge in [-0.15, -0.1) is 0 Å². The van der Waals surface area contributed by atoms with Gasteiger partial charge in [0.05, 0.1) is 19.1 Å². The molecule has 1 saturated carbocycles. The molecule has 0 radical (unpaired) electrons. The van der Waals surface area contributed by atoms with E-state index in [9.17, 15) is 13.2 Å². The van der Waals surface area contributed by atoms with Crippen LogP contribution in [0.5, 0.6) is 11.5 Å². The fraction of sp³-hybridized carbons (Fsp3) is 0.500.